The lowest BCUT2D eigenvalue weighted by molar-refractivity contribution is -0.147. The number of morpholine rings is 1. The van der Waals surface area contributed by atoms with Gasteiger partial charge in [0.15, 0.2) is 0 Å². The molecule has 0 aromatic heterocycles. The molecule has 2 amide bonds. The Bertz CT molecular complexity index is 396. The molecule has 2 heterocycles. The second-order valence-electron chi connectivity index (χ2n) is 6.34. The van der Waals surface area contributed by atoms with E-state index < -0.39 is 11.4 Å². The lowest BCUT2D eigenvalue weighted by atomic mass is 9.90. The number of nitrogens with zero attached hydrogens (tertiary/aromatic N) is 2. The third-order valence-corrected chi connectivity index (χ3v) is 4.14. The van der Waals surface area contributed by atoms with E-state index in [1.807, 2.05) is 13.8 Å². The highest BCUT2D eigenvalue weighted by molar-refractivity contribution is 5.80. The first kappa shape index (κ1) is 14.1. The minimum Gasteiger partial charge on any atom is -0.481 e. The number of carbonyl (C=O) groups is 2. The minimum absolute atomic E-state index is 0.0710. The van der Waals surface area contributed by atoms with E-state index in [1.54, 1.807) is 16.7 Å². The van der Waals surface area contributed by atoms with Crippen LogP contribution in [0.4, 0.5) is 4.79 Å². The number of amides is 2. The van der Waals surface area contributed by atoms with Crippen molar-refractivity contribution in [2.24, 2.45) is 5.41 Å². The third-order valence-electron chi connectivity index (χ3n) is 4.14. The largest absolute Gasteiger partial charge is 0.481 e. The zero-order valence-electron chi connectivity index (χ0n) is 11.8. The standard InChI is InChI=1S/C13H22N2O4/c1-12(2)9-19-7-6-15(12)11(18)14-5-4-13(3,8-14)10(16)17/h4-9H2,1-3H3,(H,16,17). The van der Waals surface area contributed by atoms with Crippen molar-refractivity contribution >= 4 is 12.0 Å². The molecule has 2 aliphatic rings. The average molecular weight is 270 g/mol. The van der Waals surface area contributed by atoms with Crippen LogP contribution < -0.4 is 0 Å². The molecule has 2 fully saturated rings. The molecule has 19 heavy (non-hydrogen) atoms. The van der Waals surface area contributed by atoms with Crippen molar-refractivity contribution in [2.45, 2.75) is 32.7 Å². The molecule has 0 saturated carbocycles. The monoisotopic (exact) mass is 270 g/mol. The smallest absolute Gasteiger partial charge is 0.320 e. The number of hydrogen-bond donors (Lipinski definition) is 1. The number of rotatable bonds is 1. The van der Waals surface area contributed by atoms with E-state index in [9.17, 15) is 14.7 Å². The van der Waals surface area contributed by atoms with Crippen molar-refractivity contribution in [3.05, 3.63) is 0 Å². The molecule has 0 aromatic rings. The summed E-state index contributed by atoms with van der Waals surface area (Å²) in [6, 6.07) is -0.0710. The first-order valence-electron chi connectivity index (χ1n) is 6.64. The normalized spacial score (nSPS) is 30.5. The molecule has 0 spiro atoms. The summed E-state index contributed by atoms with van der Waals surface area (Å²) in [4.78, 5) is 27.2. The van der Waals surface area contributed by atoms with Crippen LogP contribution in [0.15, 0.2) is 0 Å². The van der Waals surface area contributed by atoms with Crippen molar-refractivity contribution in [1.82, 2.24) is 9.80 Å². The first-order chi connectivity index (χ1) is 8.76. The second-order valence-corrected chi connectivity index (χ2v) is 6.34. The molecule has 2 aliphatic heterocycles. The van der Waals surface area contributed by atoms with Gasteiger partial charge in [-0.25, -0.2) is 4.79 Å². The van der Waals surface area contributed by atoms with Gasteiger partial charge >= 0.3 is 12.0 Å². The average Bonchev–Trinajstić information content (AvgIpc) is 2.72. The molecular formula is C13H22N2O4. The van der Waals surface area contributed by atoms with Crippen molar-refractivity contribution in [1.29, 1.82) is 0 Å². The molecule has 0 bridgehead atoms. The van der Waals surface area contributed by atoms with Gasteiger partial charge in [-0.3, -0.25) is 4.79 Å². The van der Waals surface area contributed by atoms with Crippen LogP contribution in [0, 0.1) is 5.41 Å². The quantitative estimate of drug-likeness (QED) is 0.772. The van der Waals surface area contributed by atoms with Crippen LogP contribution in [0.2, 0.25) is 0 Å². The highest BCUT2D eigenvalue weighted by Gasteiger charge is 2.45. The van der Waals surface area contributed by atoms with Gasteiger partial charge in [0.05, 0.1) is 24.2 Å². The zero-order valence-corrected chi connectivity index (χ0v) is 11.8. The van der Waals surface area contributed by atoms with Crippen LogP contribution in [0.1, 0.15) is 27.2 Å². The molecule has 0 aliphatic carbocycles. The summed E-state index contributed by atoms with van der Waals surface area (Å²) in [5.41, 5.74) is -1.15. The number of carboxylic acids is 1. The Labute approximate surface area is 113 Å². The van der Waals surface area contributed by atoms with E-state index in [4.69, 9.17) is 4.74 Å². The van der Waals surface area contributed by atoms with E-state index in [0.717, 1.165) is 0 Å². The highest BCUT2D eigenvalue weighted by atomic mass is 16.5. The number of carboxylic acid groups (broad SMARTS) is 1. The predicted molar refractivity (Wildman–Crippen MR) is 68.9 cm³/mol. The van der Waals surface area contributed by atoms with E-state index in [1.165, 1.54) is 0 Å². The van der Waals surface area contributed by atoms with E-state index >= 15 is 0 Å². The summed E-state index contributed by atoms with van der Waals surface area (Å²) >= 11 is 0. The Morgan fingerprint density at radius 3 is 2.42 bits per heavy atom. The van der Waals surface area contributed by atoms with Gasteiger partial charge in [0.1, 0.15) is 0 Å². The Balaban J connectivity index is 2.07. The lowest BCUT2D eigenvalue weighted by Gasteiger charge is -2.43. The van der Waals surface area contributed by atoms with Crippen LogP contribution >= 0.6 is 0 Å². The van der Waals surface area contributed by atoms with Crippen molar-refractivity contribution in [2.75, 3.05) is 32.8 Å². The molecule has 6 nitrogen and oxygen atoms in total. The SMILES string of the molecule is CC1(C(=O)O)CCN(C(=O)N2CCOCC2(C)C)C1. The fourth-order valence-electron chi connectivity index (χ4n) is 2.68. The van der Waals surface area contributed by atoms with E-state index in [2.05, 4.69) is 0 Å². The molecular weight excluding hydrogens is 248 g/mol. The fraction of sp³-hybridized carbons (Fsp3) is 0.846. The summed E-state index contributed by atoms with van der Waals surface area (Å²) in [6.45, 7) is 8.05. The second kappa shape index (κ2) is 4.67. The first-order valence-corrected chi connectivity index (χ1v) is 6.64. The number of carbonyl (C=O) groups excluding carboxylic acids is 1. The van der Waals surface area contributed by atoms with Gasteiger partial charge in [-0.15, -0.1) is 0 Å². The van der Waals surface area contributed by atoms with Gasteiger partial charge in [-0.2, -0.15) is 0 Å². The van der Waals surface area contributed by atoms with Crippen LogP contribution in [0.5, 0.6) is 0 Å². The molecule has 2 rings (SSSR count). The van der Waals surface area contributed by atoms with Gasteiger partial charge in [-0.05, 0) is 27.2 Å². The van der Waals surface area contributed by atoms with E-state index in [-0.39, 0.29) is 18.1 Å². The van der Waals surface area contributed by atoms with Crippen LogP contribution in [0.3, 0.4) is 0 Å². The summed E-state index contributed by atoms with van der Waals surface area (Å²) in [7, 11) is 0. The Morgan fingerprint density at radius 1 is 1.21 bits per heavy atom. The predicted octanol–water partition coefficient (Wildman–Crippen LogP) is 1.01. The zero-order chi connectivity index (χ0) is 14.3. The van der Waals surface area contributed by atoms with Gasteiger partial charge in [-0.1, -0.05) is 0 Å². The number of aliphatic carboxylic acids is 1. The van der Waals surface area contributed by atoms with Crippen molar-refractivity contribution in [3.63, 3.8) is 0 Å². The topological polar surface area (TPSA) is 70.1 Å². The highest BCUT2D eigenvalue weighted by Crippen LogP contribution is 2.32. The minimum atomic E-state index is -0.830. The summed E-state index contributed by atoms with van der Waals surface area (Å²) in [5.74, 6) is -0.830. The number of ether oxygens (including phenoxy) is 1. The van der Waals surface area contributed by atoms with Crippen molar-refractivity contribution < 1.29 is 19.4 Å². The molecule has 1 N–H and O–H groups in total. The summed E-state index contributed by atoms with van der Waals surface area (Å²) in [5, 5.41) is 9.21. The molecule has 1 unspecified atom stereocenters. The third kappa shape index (κ3) is 2.54. The Morgan fingerprint density at radius 2 is 1.89 bits per heavy atom. The van der Waals surface area contributed by atoms with Gasteiger partial charge in [0.25, 0.3) is 0 Å². The maximum Gasteiger partial charge on any atom is 0.320 e. The summed E-state index contributed by atoms with van der Waals surface area (Å²) in [6.07, 6.45) is 0.513. The van der Waals surface area contributed by atoms with Gasteiger partial charge in [0, 0.05) is 19.6 Å². The Hall–Kier alpha value is -1.30. The van der Waals surface area contributed by atoms with Gasteiger partial charge < -0.3 is 19.6 Å². The van der Waals surface area contributed by atoms with Crippen LogP contribution in [0.25, 0.3) is 0 Å². The molecule has 108 valence electrons. The van der Waals surface area contributed by atoms with Crippen LogP contribution in [-0.4, -0.2) is 65.3 Å². The van der Waals surface area contributed by atoms with E-state index in [0.29, 0.717) is 32.7 Å². The van der Waals surface area contributed by atoms with Crippen molar-refractivity contribution in [3.8, 4) is 0 Å². The lowest BCUT2D eigenvalue weighted by Crippen LogP contribution is -2.59. The molecule has 2 saturated heterocycles. The van der Waals surface area contributed by atoms with Gasteiger partial charge in [0.2, 0.25) is 0 Å². The number of hydrogen-bond acceptors (Lipinski definition) is 3. The Kier molecular flexibility index (Phi) is 3.47. The van der Waals surface area contributed by atoms with Crippen LogP contribution in [-0.2, 0) is 9.53 Å². The molecule has 0 radical (unpaired) electrons. The fourth-order valence-corrected chi connectivity index (χ4v) is 2.68. The molecule has 0 aromatic carbocycles. The molecule has 6 heteroatoms. The maximum atomic E-state index is 12.5. The maximum absolute atomic E-state index is 12.5. The number of likely N-dealkylation sites (tertiary alicyclic amines) is 1. The molecule has 1 atom stereocenters. The summed E-state index contributed by atoms with van der Waals surface area (Å²) < 4.78 is 5.40. The number of urea groups is 1.